The fourth-order valence-electron chi connectivity index (χ4n) is 2.60. The van der Waals surface area contributed by atoms with Crippen molar-refractivity contribution < 1.29 is 9.59 Å². The molecule has 5 nitrogen and oxygen atoms in total. The van der Waals surface area contributed by atoms with E-state index in [1.54, 1.807) is 17.0 Å². The molecule has 0 aliphatic carbocycles. The van der Waals surface area contributed by atoms with Crippen molar-refractivity contribution in [1.29, 1.82) is 0 Å². The quantitative estimate of drug-likeness (QED) is 0.828. The summed E-state index contributed by atoms with van der Waals surface area (Å²) in [6.07, 6.45) is 2.37. The molecule has 1 aromatic carbocycles. The second kappa shape index (κ2) is 7.11. The van der Waals surface area contributed by atoms with Crippen LogP contribution in [0.3, 0.4) is 0 Å². The van der Waals surface area contributed by atoms with Crippen LogP contribution in [0.5, 0.6) is 0 Å². The Hall–Kier alpha value is -2.04. The van der Waals surface area contributed by atoms with Gasteiger partial charge >= 0.3 is 0 Å². The number of hydrogen-bond donors (Lipinski definition) is 2. The van der Waals surface area contributed by atoms with Crippen LogP contribution in [-0.4, -0.2) is 36.3 Å². The average Bonchev–Trinajstić information content (AvgIpc) is 2.52. The van der Waals surface area contributed by atoms with Gasteiger partial charge in [-0.3, -0.25) is 9.59 Å². The van der Waals surface area contributed by atoms with Crippen molar-refractivity contribution in [2.75, 3.05) is 25.4 Å². The van der Waals surface area contributed by atoms with Crippen LogP contribution in [0.25, 0.3) is 0 Å². The van der Waals surface area contributed by atoms with Crippen molar-refractivity contribution in [1.82, 2.24) is 10.2 Å². The Labute approximate surface area is 125 Å². The standard InChI is InChI=1S/C16H23N3O2/c1-2-9-18-15(20)12-7-10-19(11-8-12)16(21)13-5-3-4-6-14(13)17/h3-6,12H,2,7-11,17H2,1H3,(H,18,20). The Balaban J connectivity index is 1.91. The molecule has 0 aromatic heterocycles. The minimum absolute atomic E-state index is 0.0220. The number of para-hydroxylation sites is 1. The Morgan fingerprint density at radius 3 is 2.57 bits per heavy atom. The molecule has 2 amide bonds. The number of rotatable bonds is 4. The van der Waals surface area contributed by atoms with Gasteiger partial charge in [-0.2, -0.15) is 0 Å². The normalized spacial score (nSPS) is 15.8. The maximum absolute atomic E-state index is 12.4. The first-order valence-corrected chi connectivity index (χ1v) is 7.55. The van der Waals surface area contributed by atoms with Gasteiger partial charge in [0.2, 0.25) is 5.91 Å². The van der Waals surface area contributed by atoms with Crippen LogP contribution in [0, 0.1) is 5.92 Å². The number of piperidine rings is 1. The summed E-state index contributed by atoms with van der Waals surface area (Å²) >= 11 is 0. The second-order valence-corrected chi connectivity index (χ2v) is 5.44. The molecule has 3 N–H and O–H groups in total. The smallest absolute Gasteiger partial charge is 0.255 e. The molecule has 1 aliphatic heterocycles. The monoisotopic (exact) mass is 289 g/mol. The molecule has 5 heteroatoms. The van der Waals surface area contributed by atoms with Gasteiger partial charge in [0.15, 0.2) is 0 Å². The molecule has 1 aliphatic rings. The van der Waals surface area contributed by atoms with Crippen molar-refractivity contribution in [2.45, 2.75) is 26.2 Å². The maximum Gasteiger partial charge on any atom is 0.255 e. The van der Waals surface area contributed by atoms with Crippen molar-refractivity contribution in [3.8, 4) is 0 Å². The number of nitrogen functional groups attached to an aromatic ring is 1. The summed E-state index contributed by atoms with van der Waals surface area (Å²) in [4.78, 5) is 26.1. The summed E-state index contributed by atoms with van der Waals surface area (Å²) in [5, 5.41) is 2.92. The number of nitrogens with one attached hydrogen (secondary N) is 1. The van der Waals surface area contributed by atoms with Gasteiger partial charge in [-0.15, -0.1) is 0 Å². The molecule has 0 bridgehead atoms. The molecule has 114 valence electrons. The first kappa shape index (κ1) is 15.4. The number of carbonyl (C=O) groups excluding carboxylic acids is 2. The van der Waals surface area contributed by atoms with E-state index in [0.29, 0.717) is 37.2 Å². The fraction of sp³-hybridized carbons (Fsp3) is 0.500. The number of benzene rings is 1. The molecule has 2 rings (SSSR count). The van der Waals surface area contributed by atoms with Crippen LogP contribution in [-0.2, 0) is 4.79 Å². The highest BCUT2D eigenvalue weighted by molar-refractivity contribution is 5.99. The zero-order valence-electron chi connectivity index (χ0n) is 12.5. The van der Waals surface area contributed by atoms with E-state index in [1.165, 1.54) is 0 Å². The van der Waals surface area contributed by atoms with E-state index in [2.05, 4.69) is 5.32 Å². The van der Waals surface area contributed by atoms with Gasteiger partial charge in [0.25, 0.3) is 5.91 Å². The molecule has 0 radical (unpaired) electrons. The molecule has 1 saturated heterocycles. The summed E-state index contributed by atoms with van der Waals surface area (Å²) in [7, 11) is 0. The van der Waals surface area contributed by atoms with Gasteiger partial charge < -0.3 is 16.0 Å². The average molecular weight is 289 g/mol. The summed E-state index contributed by atoms with van der Waals surface area (Å²) in [5.41, 5.74) is 6.90. The molecule has 0 atom stereocenters. The molecule has 0 unspecified atom stereocenters. The van der Waals surface area contributed by atoms with Crippen LogP contribution in [0.15, 0.2) is 24.3 Å². The van der Waals surface area contributed by atoms with Crippen molar-refractivity contribution >= 4 is 17.5 Å². The van der Waals surface area contributed by atoms with E-state index >= 15 is 0 Å². The lowest BCUT2D eigenvalue weighted by molar-refractivity contribution is -0.126. The molecular formula is C16H23N3O2. The van der Waals surface area contributed by atoms with Crippen LogP contribution in [0.2, 0.25) is 0 Å². The van der Waals surface area contributed by atoms with E-state index < -0.39 is 0 Å². The molecule has 21 heavy (non-hydrogen) atoms. The lowest BCUT2D eigenvalue weighted by Gasteiger charge is -2.31. The number of nitrogens with two attached hydrogens (primary N) is 1. The molecule has 1 heterocycles. The highest BCUT2D eigenvalue weighted by atomic mass is 16.2. The first-order valence-electron chi connectivity index (χ1n) is 7.55. The number of carbonyl (C=O) groups is 2. The number of likely N-dealkylation sites (tertiary alicyclic amines) is 1. The molecule has 1 fully saturated rings. The molecule has 0 spiro atoms. The number of nitrogens with zero attached hydrogens (tertiary/aromatic N) is 1. The van der Waals surface area contributed by atoms with Crippen molar-refractivity contribution in [3.05, 3.63) is 29.8 Å². The number of anilines is 1. The third-order valence-corrected chi connectivity index (χ3v) is 3.89. The minimum Gasteiger partial charge on any atom is -0.398 e. The third kappa shape index (κ3) is 3.74. The van der Waals surface area contributed by atoms with E-state index in [0.717, 1.165) is 13.0 Å². The van der Waals surface area contributed by atoms with E-state index in [1.807, 2.05) is 19.1 Å². The largest absolute Gasteiger partial charge is 0.398 e. The van der Waals surface area contributed by atoms with E-state index in [9.17, 15) is 9.59 Å². The van der Waals surface area contributed by atoms with Crippen LogP contribution in [0.4, 0.5) is 5.69 Å². The Kier molecular flexibility index (Phi) is 5.20. The first-order chi connectivity index (χ1) is 10.1. The predicted molar refractivity (Wildman–Crippen MR) is 82.8 cm³/mol. The highest BCUT2D eigenvalue weighted by Crippen LogP contribution is 2.21. The Morgan fingerprint density at radius 2 is 1.95 bits per heavy atom. The molecular weight excluding hydrogens is 266 g/mol. The molecule has 0 saturated carbocycles. The van der Waals surface area contributed by atoms with E-state index in [4.69, 9.17) is 5.73 Å². The lowest BCUT2D eigenvalue weighted by Crippen LogP contribution is -2.43. The summed E-state index contributed by atoms with van der Waals surface area (Å²) in [5.74, 6) is 0.0948. The zero-order chi connectivity index (χ0) is 15.2. The van der Waals surface area contributed by atoms with Crippen molar-refractivity contribution in [3.63, 3.8) is 0 Å². The van der Waals surface area contributed by atoms with Gasteiger partial charge in [0, 0.05) is 31.2 Å². The molecule has 1 aromatic rings. The topological polar surface area (TPSA) is 75.4 Å². The fourth-order valence-corrected chi connectivity index (χ4v) is 2.60. The van der Waals surface area contributed by atoms with Gasteiger partial charge in [0.05, 0.1) is 5.56 Å². The Bertz CT molecular complexity index is 508. The van der Waals surface area contributed by atoms with Crippen LogP contribution < -0.4 is 11.1 Å². The SMILES string of the molecule is CCCNC(=O)C1CCN(C(=O)c2ccccc2N)CC1. The predicted octanol–water partition coefficient (Wildman–Crippen LogP) is 1.65. The highest BCUT2D eigenvalue weighted by Gasteiger charge is 2.28. The maximum atomic E-state index is 12.4. The Morgan fingerprint density at radius 1 is 1.29 bits per heavy atom. The van der Waals surface area contributed by atoms with Crippen LogP contribution >= 0.6 is 0 Å². The zero-order valence-corrected chi connectivity index (χ0v) is 12.5. The summed E-state index contributed by atoms with van der Waals surface area (Å²) in [6.45, 7) is 3.97. The van der Waals surface area contributed by atoms with Crippen LogP contribution in [0.1, 0.15) is 36.5 Å². The van der Waals surface area contributed by atoms with Gasteiger partial charge in [-0.05, 0) is 31.4 Å². The summed E-state index contributed by atoms with van der Waals surface area (Å²) in [6, 6.07) is 7.11. The van der Waals surface area contributed by atoms with E-state index in [-0.39, 0.29) is 17.7 Å². The second-order valence-electron chi connectivity index (χ2n) is 5.44. The van der Waals surface area contributed by atoms with Gasteiger partial charge in [0.1, 0.15) is 0 Å². The van der Waals surface area contributed by atoms with Gasteiger partial charge in [-0.25, -0.2) is 0 Å². The minimum atomic E-state index is -0.0412. The number of amides is 2. The van der Waals surface area contributed by atoms with Gasteiger partial charge in [-0.1, -0.05) is 19.1 Å². The lowest BCUT2D eigenvalue weighted by atomic mass is 9.95. The van der Waals surface area contributed by atoms with Crippen molar-refractivity contribution in [2.24, 2.45) is 5.92 Å². The summed E-state index contributed by atoms with van der Waals surface area (Å²) < 4.78 is 0. The third-order valence-electron chi connectivity index (χ3n) is 3.89. The number of hydrogen-bond acceptors (Lipinski definition) is 3.